The molecule has 0 aliphatic heterocycles. The number of urea groups is 1. The fraction of sp³-hybridized carbons (Fsp3) is 0.286. The van der Waals surface area contributed by atoms with Crippen LogP contribution in [0.1, 0.15) is 29.8 Å². The number of allylic oxidation sites excluding steroid dienone is 1. The van der Waals surface area contributed by atoms with Gasteiger partial charge < -0.3 is 15.7 Å². The molecule has 0 fully saturated rings. The molecule has 0 bridgehead atoms. The van der Waals surface area contributed by atoms with E-state index >= 15 is 0 Å². The van der Waals surface area contributed by atoms with Crippen molar-refractivity contribution < 1.29 is 14.7 Å². The average molecular weight is 262 g/mol. The maximum absolute atomic E-state index is 11.6. The van der Waals surface area contributed by atoms with Crippen LogP contribution in [-0.4, -0.2) is 23.7 Å². The highest BCUT2D eigenvalue weighted by Gasteiger charge is 2.14. The maximum atomic E-state index is 11.6. The Labute approximate surface area is 112 Å². The molecule has 0 aliphatic rings. The van der Waals surface area contributed by atoms with Gasteiger partial charge in [0.1, 0.15) is 0 Å². The summed E-state index contributed by atoms with van der Waals surface area (Å²) in [4.78, 5) is 22.8. The molecule has 1 aromatic carbocycles. The molecule has 0 heterocycles. The molecule has 3 N–H and O–H groups in total. The van der Waals surface area contributed by atoms with Gasteiger partial charge in [0.05, 0.1) is 11.3 Å². The Morgan fingerprint density at radius 2 is 2.00 bits per heavy atom. The first-order chi connectivity index (χ1) is 8.91. The Morgan fingerprint density at radius 1 is 1.32 bits per heavy atom. The van der Waals surface area contributed by atoms with Crippen LogP contribution in [0.25, 0.3) is 0 Å². The summed E-state index contributed by atoms with van der Waals surface area (Å²) in [5.74, 6) is -1.06. The zero-order chi connectivity index (χ0) is 14.4. The summed E-state index contributed by atoms with van der Waals surface area (Å²) in [6.45, 7) is 5.96. The number of hydrogen-bond donors (Lipinski definition) is 3. The molecule has 0 saturated heterocycles. The first-order valence-corrected chi connectivity index (χ1v) is 5.93. The largest absolute Gasteiger partial charge is 0.478 e. The van der Waals surface area contributed by atoms with Gasteiger partial charge in [0.2, 0.25) is 0 Å². The van der Waals surface area contributed by atoms with E-state index in [9.17, 15) is 9.59 Å². The molecule has 5 heteroatoms. The van der Waals surface area contributed by atoms with E-state index in [1.54, 1.807) is 25.1 Å². The fourth-order valence-electron chi connectivity index (χ4n) is 1.57. The lowest BCUT2D eigenvalue weighted by atomic mass is 10.1. The Kier molecular flexibility index (Phi) is 5.11. The molecule has 5 nitrogen and oxygen atoms in total. The van der Waals surface area contributed by atoms with Crippen molar-refractivity contribution in [2.24, 2.45) is 0 Å². The molecule has 0 aromatic heterocycles. The lowest BCUT2D eigenvalue weighted by Crippen LogP contribution is -2.29. The third kappa shape index (κ3) is 4.46. The topological polar surface area (TPSA) is 78.4 Å². The fourth-order valence-corrected chi connectivity index (χ4v) is 1.57. The second kappa shape index (κ2) is 6.58. The molecule has 102 valence electrons. The van der Waals surface area contributed by atoms with Crippen molar-refractivity contribution in [2.75, 3.05) is 11.9 Å². The normalized spacial score (nSPS) is 9.63. The number of aryl methyl sites for hydroxylation is 1. The molecule has 0 spiro atoms. The molecule has 2 amide bonds. The Bertz CT molecular complexity index is 517. The van der Waals surface area contributed by atoms with Gasteiger partial charge in [-0.15, -0.1) is 0 Å². The van der Waals surface area contributed by atoms with Crippen molar-refractivity contribution in [3.05, 3.63) is 41.0 Å². The highest BCUT2D eigenvalue weighted by Crippen LogP contribution is 2.19. The Hall–Kier alpha value is -2.30. The molecule has 1 rings (SSSR count). The predicted molar refractivity (Wildman–Crippen MR) is 74.6 cm³/mol. The summed E-state index contributed by atoms with van der Waals surface area (Å²) in [5, 5.41) is 14.3. The van der Waals surface area contributed by atoms with Gasteiger partial charge in [-0.3, -0.25) is 0 Å². The van der Waals surface area contributed by atoms with E-state index in [1.807, 2.05) is 19.9 Å². The van der Waals surface area contributed by atoms with Crippen LogP contribution in [0, 0.1) is 6.92 Å². The molecule has 1 aromatic rings. The van der Waals surface area contributed by atoms with Crippen molar-refractivity contribution in [3.63, 3.8) is 0 Å². The lowest BCUT2D eigenvalue weighted by Gasteiger charge is -2.10. The Balaban J connectivity index is 2.77. The van der Waals surface area contributed by atoms with E-state index in [1.165, 1.54) is 0 Å². The van der Waals surface area contributed by atoms with Gasteiger partial charge >= 0.3 is 12.0 Å². The number of anilines is 1. The number of aromatic carboxylic acids is 1. The zero-order valence-electron chi connectivity index (χ0n) is 11.3. The van der Waals surface area contributed by atoms with E-state index in [-0.39, 0.29) is 5.56 Å². The third-order valence-corrected chi connectivity index (χ3v) is 2.51. The summed E-state index contributed by atoms with van der Waals surface area (Å²) < 4.78 is 0. The second-order valence-electron chi connectivity index (χ2n) is 4.42. The number of carboxylic acid groups (broad SMARTS) is 1. The summed E-state index contributed by atoms with van der Waals surface area (Å²) >= 11 is 0. The minimum Gasteiger partial charge on any atom is -0.478 e. The summed E-state index contributed by atoms with van der Waals surface area (Å²) in [5.41, 5.74) is 2.11. The van der Waals surface area contributed by atoms with Gasteiger partial charge in [0, 0.05) is 6.54 Å². The lowest BCUT2D eigenvalue weighted by molar-refractivity contribution is 0.0697. The monoisotopic (exact) mass is 262 g/mol. The minimum absolute atomic E-state index is 0.111. The first kappa shape index (κ1) is 14.8. The summed E-state index contributed by atoms with van der Waals surface area (Å²) in [6.07, 6.45) is 1.87. The number of carbonyl (C=O) groups is 2. The molecule has 19 heavy (non-hydrogen) atoms. The van der Waals surface area contributed by atoms with Crippen LogP contribution in [0.15, 0.2) is 29.8 Å². The zero-order valence-corrected chi connectivity index (χ0v) is 11.3. The average Bonchev–Trinajstić information content (AvgIpc) is 2.27. The predicted octanol–water partition coefficient (Wildman–Crippen LogP) is 2.78. The van der Waals surface area contributed by atoms with Gasteiger partial charge in [-0.1, -0.05) is 23.8 Å². The van der Waals surface area contributed by atoms with Crippen molar-refractivity contribution in [1.29, 1.82) is 0 Å². The van der Waals surface area contributed by atoms with Crippen LogP contribution in [-0.2, 0) is 0 Å². The summed E-state index contributed by atoms with van der Waals surface area (Å²) in [6, 6.07) is 4.53. The van der Waals surface area contributed by atoms with Crippen molar-refractivity contribution in [1.82, 2.24) is 5.32 Å². The smallest absolute Gasteiger partial charge is 0.338 e. The van der Waals surface area contributed by atoms with Gasteiger partial charge in [-0.05, 0) is 32.4 Å². The van der Waals surface area contributed by atoms with Crippen LogP contribution in [0.3, 0.4) is 0 Å². The van der Waals surface area contributed by atoms with E-state index < -0.39 is 12.0 Å². The molecular formula is C14H18N2O3. The van der Waals surface area contributed by atoms with Crippen molar-refractivity contribution >= 4 is 17.7 Å². The minimum atomic E-state index is -1.06. The van der Waals surface area contributed by atoms with E-state index in [0.29, 0.717) is 17.8 Å². The van der Waals surface area contributed by atoms with Crippen LogP contribution < -0.4 is 10.6 Å². The number of nitrogens with one attached hydrogen (secondary N) is 2. The molecule has 0 saturated carbocycles. The third-order valence-electron chi connectivity index (χ3n) is 2.51. The number of hydrogen-bond acceptors (Lipinski definition) is 2. The van der Waals surface area contributed by atoms with Crippen LogP contribution in [0.2, 0.25) is 0 Å². The number of rotatable bonds is 4. The van der Waals surface area contributed by atoms with Crippen LogP contribution in [0.5, 0.6) is 0 Å². The molecule has 0 radical (unpaired) electrons. The Morgan fingerprint density at radius 3 is 2.58 bits per heavy atom. The number of carboxylic acids is 1. The second-order valence-corrected chi connectivity index (χ2v) is 4.42. The van der Waals surface area contributed by atoms with Crippen molar-refractivity contribution in [3.8, 4) is 0 Å². The van der Waals surface area contributed by atoms with E-state index in [2.05, 4.69) is 10.6 Å². The maximum Gasteiger partial charge on any atom is 0.338 e. The number of carbonyl (C=O) groups excluding carboxylic acids is 1. The van der Waals surface area contributed by atoms with E-state index in [0.717, 1.165) is 5.57 Å². The van der Waals surface area contributed by atoms with E-state index in [4.69, 9.17) is 5.11 Å². The van der Waals surface area contributed by atoms with Gasteiger partial charge in [-0.25, -0.2) is 9.59 Å². The highest BCUT2D eigenvalue weighted by atomic mass is 16.4. The summed E-state index contributed by atoms with van der Waals surface area (Å²) in [7, 11) is 0. The standard InChI is InChI=1S/C14H18N2O3/c1-9(2)7-8-15-14(19)16-11-6-4-5-10(3)12(11)13(17)18/h4-7H,8H2,1-3H3,(H,17,18)(H2,15,16,19). The number of amides is 2. The van der Waals surface area contributed by atoms with Crippen LogP contribution >= 0.6 is 0 Å². The molecule has 0 unspecified atom stereocenters. The highest BCUT2D eigenvalue weighted by molar-refractivity contribution is 6.01. The van der Waals surface area contributed by atoms with Crippen molar-refractivity contribution in [2.45, 2.75) is 20.8 Å². The van der Waals surface area contributed by atoms with Gasteiger partial charge in [0.15, 0.2) is 0 Å². The number of benzene rings is 1. The first-order valence-electron chi connectivity index (χ1n) is 5.93. The SMILES string of the molecule is CC(C)=CCNC(=O)Nc1cccc(C)c1C(=O)O. The molecule has 0 atom stereocenters. The van der Waals surface area contributed by atoms with Gasteiger partial charge in [0.25, 0.3) is 0 Å². The molecule has 0 aliphatic carbocycles. The molecular weight excluding hydrogens is 244 g/mol. The quantitative estimate of drug-likeness (QED) is 0.730. The van der Waals surface area contributed by atoms with Gasteiger partial charge in [-0.2, -0.15) is 0 Å². The van der Waals surface area contributed by atoms with Crippen LogP contribution in [0.4, 0.5) is 10.5 Å².